The molecule has 0 saturated heterocycles. The van der Waals surface area contributed by atoms with Crippen LogP contribution in [0.3, 0.4) is 0 Å². The van der Waals surface area contributed by atoms with Gasteiger partial charge in [0.2, 0.25) is 0 Å². The fourth-order valence-corrected chi connectivity index (χ4v) is 1.96. The Bertz CT molecular complexity index is 521. The van der Waals surface area contributed by atoms with Crippen molar-refractivity contribution in [2.75, 3.05) is 11.9 Å². The highest BCUT2D eigenvalue weighted by molar-refractivity contribution is 5.61. The molecule has 0 radical (unpaired) electrons. The van der Waals surface area contributed by atoms with Crippen LogP contribution in [0.15, 0.2) is 42.6 Å². The molecule has 1 aromatic carbocycles. The molecule has 0 amide bonds. The molecule has 0 aliphatic carbocycles. The highest BCUT2D eigenvalue weighted by Crippen LogP contribution is 2.25. The second kappa shape index (κ2) is 5.19. The number of pyridine rings is 1. The van der Waals surface area contributed by atoms with E-state index in [0.717, 1.165) is 22.6 Å². The molecule has 2 N–H and O–H groups in total. The molecule has 3 nitrogen and oxygen atoms in total. The zero-order chi connectivity index (χ0) is 13.1. The Morgan fingerprint density at radius 2 is 1.89 bits per heavy atom. The van der Waals surface area contributed by atoms with Crippen molar-refractivity contribution in [2.45, 2.75) is 19.9 Å². The molecule has 0 aliphatic rings. The molecule has 0 aliphatic heterocycles. The Labute approximate surface area is 108 Å². The number of benzene rings is 1. The monoisotopic (exact) mass is 241 g/mol. The van der Waals surface area contributed by atoms with E-state index in [9.17, 15) is 0 Å². The van der Waals surface area contributed by atoms with Gasteiger partial charge in [0, 0.05) is 25.0 Å². The van der Waals surface area contributed by atoms with Crippen LogP contribution in [-0.4, -0.2) is 12.0 Å². The molecule has 0 fully saturated rings. The standard InChI is InChI=1S/C15H19N3/c1-11-9-13(12(2)16)10-17-15(11)18(3)14-7-5-4-6-8-14/h4-10,12H,16H2,1-3H3/t12-/m0/s1. The van der Waals surface area contributed by atoms with E-state index >= 15 is 0 Å². The summed E-state index contributed by atoms with van der Waals surface area (Å²) >= 11 is 0. The third-order valence-electron chi connectivity index (χ3n) is 3.06. The van der Waals surface area contributed by atoms with Gasteiger partial charge in [-0.25, -0.2) is 4.98 Å². The first-order valence-corrected chi connectivity index (χ1v) is 6.10. The predicted octanol–water partition coefficient (Wildman–Crippen LogP) is 3.18. The second-order valence-electron chi connectivity index (χ2n) is 4.59. The lowest BCUT2D eigenvalue weighted by Gasteiger charge is -2.21. The van der Waals surface area contributed by atoms with Crippen LogP contribution in [-0.2, 0) is 0 Å². The highest BCUT2D eigenvalue weighted by atomic mass is 15.2. The molecule has 0 bridgehead atoms. The van der Waals surface area contributed by atoms with E-state index in [2.05, 4.69) is 35.0 Å². The first-order valence-electron chi connectivity index (χ1n) is 6.10. The third-order valence-corrected chi connectivity index (χ3v) is 3.06. The fourth-order valence-electron chi connectivity index (χ4n) is 1.96. The summed E-state index contributed by atoms with van der Waals surface area (Å²) in [6, 6.07) is 12.3. The van der Waals surface area contributed by atoms with Gasteiger partial charge < -0.3 is 10.6 Å². The number of hydrogen-bond acceptors (Lipinski definition) is 3. The van der Waals surface area contributed by atoms with Gasteiger partial charge in [0.15, 0.2) is 0 Å². The summed E-state index contributed by atoms with van der Waals surface area (Å²) in [4.78, 5) is 6.61. The van der Waals surface area contributed by atoms with Crippen molar-refractivity contribution in [1.82, 2.24) is 4.98 Å². The van der Waals surface area contributed by atoms with Crippen LogP contribution in [0, 0.1) is 6.92 Å². The normalized spacial score (nSPS) is 12.2. The molecule has 0 unspecified atom stereocenters. The van der Waals surface area contributed by atoms with Crippen LogP contribution in [0.5, 0.6) is 0 Å². The maximum absolute atomic E-state index is 5.87. The number of aromatic nitrogens is 1. The Morgan fingerprint density at radius 1 is 1.22 bits per heavy atom. The number of anilines is 2. The van der Waals surface area contributed by atoms with Crippen molar-refractivity contribution in [3.8, 4) is 0 Å². The van der Waals surface area contributed by atoms with E-state index < -0.39 is 0 Å². The highest BCUT2D eigenvalue weighted by Gasteiger charge is 2.10. The second-order valence-corrected chi connectivity index (χ2v) is 4.59. The largest absolute Gasteiger partial charge is 0.329 e. The average Bonchev–Trinajstić information content (AvgIpc) is 2.38. The van der Waals surface area contributed by atoms with Crippen LogP contribution in [0.2, 0.25) is 0 Å². The molecule has 1 atom stereocenters. The summed E-state index contributed by atoms with van der Waals surface area (Å²) in [5.74, 6) is 0.964. The van der Waals surface area contributed by atoms with Crippen molar-refractivity contribution in [3.63, 3.8) is 0 Å². The maximum atomic E-state index is 5.87. The summed E-state index contributed by atoms with van der Waals surface area (Å²) in [5, 5.41) is 0. The van der Waals surface area contributed by atoms with Crippen molar-refractivity contribution >= 4 is 11.5 Å². The minimum absolute atomic E-state index is 0.0206. The van der Waals surface area contributed by atoms with Crippen LogP contribution in [0.1, 0.15) is 24.1 Å². The quantitative estimate of drug-likeness (QED) is 0.897. The van der Waals surface area contributed by atoms with Gasteiger partial charge in [-0.2, -0.15) is 0 Å². The molecular formula is C15H19N3. The van der Waals surface area contributed by atoms with E-state index in [4.69, 9.17) is 5.73 Å². The number of para-hydroxylation sites is 1. The number of hydrogen-bond donors (Lipinski definition) is 1. The molecular weight excluding hydrogens is 222 g/mol. The molecule has 0 saturated carbocycles. The Balaban J connectivity index is 2.34. The zero-order valence-electron chi connectivity index (χ0n) is 11.1. The van der Waals surface area contributed by atoms with Gasteiger partial charge in [-0.15, -0.1) is 0 Å². The minimum Gasteiger partial charge on any atom is -0.329 e. The fraction of sp³-hybridized carbons (Fsp3) is 0.267. The minimum atomic E-state index is 0.0206. The summed E-state index contributed by atoms with van der Waals surface area (Å²) in [5.41, 5.74) is 9.20. The molecule has 3 heteroatoms. The zero-order valence-corrected chi connectivity index (χ0v) is 11.1. The lowest BCUT2D eigenvalue weighted by molar-refractivity contribution is 0.809. The smallest absolute Gasteiger partial charge is 0.135 e. The van der Waals surface area contributed by atoms with E-state index in [1.54, 1.807) is 0 Å². The molecule has 0 spiro atoms. The molecule has 18 heavy (non-hydrogen) atoms. The molecule has 1 aromatic heterocycles. The Hall–Kier alpha value is -1.87. The van der Waals surface area contributed by atoms with E-state index in [1.807, 2.05) is 38.4 Å². The van der Waals surface area contributed by atoms with Crippen LogP contribution in [0.4, 0.5) is 11.5 Å². The first kappa shape index (κ1) is 12.6. The summed E-state index contributed by atoms with van der Waals surface area (Å²) in [7, 11) is 2.02. The van der Waals surface area contributed by atoms with Crippen molar-refractivity contribution in [2.24, 2.45) is 5.73 Å². The van der Waals surface area contributed by atoms with Gasteiger partial charge in [0.1, 0.15) is 5.82 Å². The van der Waals surface area contributed by atoms with Gasteiger partial charge in [-0.3, -0.25) is 0 Å². The number of nitrogens with zero attached hydrogens (tertiary/aromatic N) is 2. The van der Waals surface area contributed by atoms with Crippen molar-refractivity contribution in [3.05, 3.63) is 53.7 Å². The molecule has 1 heterocycles. The summed E-state index contributed by atoms with van der Waals surface area (Å²) < 4.78 is 0. The van der Waals surface area contributed by atoms with Crippen LogP contribution in [0.25, 0.3) is 0 Å². The Morgan fingerprint density at radius 3 is 2.44 bits per heavy atom. The lowest BCUT2D eigenvalue weighted by atomic mass is 10.1. The molecule has 94 valence electrons. The van der Waals surface area contributed by atoms with Crippen LogP contribution >= 0.6 is 0 Å². The van der Waals surface area contributed by atoms with Gasteiger partial charge in [0.25, 0.3) is 0 Å². The SMILES string of the molecule is Cc1cc([C@H](C)N)cnc1N(C)c1ccccc1. The number of nitrogens with two attached hydrogens (primary N) is 1. The van der Waals surface area contributed by atoms with Crippen molar-refractivity contribution in [1.29, 1.82) is 0 Å². The molecule has 2 aromatic rings. The van der Waals surface area contributed by atoms with Gasteiger partial charge in [-0.1, -0.05) is 18.2 Å². The summed E-state index contributed by atoms with van der Waals surface area (Å²) in [6.07, 6.45) is 1.85. The molecule has 2 rings (SSSR count). The number of aryl methyl sites for hydroxylation is 1. The van der Waals surface area contributed by atoms with Crippen LogP contribution < -0.4 is 10.6 Å². The average molecular weight is 241 g/mol. The van der Waals surface area contributed by atoms with Gasteiger partial charge >= 0.3 is 0 Å². The lowest BCUT2D eigenvalue weighted by Crippen LogP contribution is -2.14. The Kier molecular flexibility index (Phi) is 3.63. The third kappa shape index (κ3) is 2.51. The van der Waals surface area contributed by atoms with Gasteiger partial charge in [0.05, 0.1) is 0 Å². The number of rotatable bonds is 3. The first-order chi connectivity index (χ1) is 8.59. The van der Waals surface area contributed by atoms with Gasteiger partial charge in [-0.05, 0) is 43.2 Å². The predicted molar refractivity (Wildman–Crippen MR) is 76.1 cm³/mol. The summed E-state index contributed by atoms with van der Waals surface area (Å²) in [6.45, 7) is 4.03. The van der Waals surface area contributed by atoms with E-state index in [0.29, 0.717) is 0 Å². The van der Waals surface area contributed by atoms with E-state index in [1.165, 1.54) is 0 Å². The van der Waals surface area contributed by atoms with Crippen molar-refractivity contribution < 1.29 is 0 Å². The topological polar surface area (TPSA) is 42.1 Å². The van der Waals surface area contributed by atoms with E-state index in [-0.39, 0.29) is 6.04 Å². The maximum Gasteiger partial charge on any atom is 0.135 e.